The summed E-state index contributed by atoms with van der Waals surface area (Å²) in [4.78, 5) is 27.5. The second-order valence-corrected chi connectivity index (χ2v) is 17.4. The SMILES string of the molecule is C[C@H](CCC(=O)N1CCC(C)(CNC(=O)OC(C)(C)C)CC1)[C@H]1CC[C@H]2[C@@H]3CC[C@H]4C[C@@H](O)CC[C@]4(C)[C@H]3CC[C@]12C. The van der Waals surface area contributed by atoms with E-state index in [0.717, 1.165) is 74.8 Å². The van der Waals surface area contributed by atoms with Crippen LogP contribution in [0.4, 0.5) is 4.79 Å². The zero-order chi connectivity index (χ0) is 30.5. The minimum atomic E-state index is -0.494. The van der Waals surface area contributed by atoms with Crippen LogP contribution in [0.5, 0.6) is 0 Å². The number of piperidine rings is 1. The minimum Gasteiger partial charge on any atom is -0.444 e. The first-order valence-corrected chi connectivity index (χ1v) is 17.6. The third-order valence-corrected chi connectivity index (χ3v) is 13.6. The van der Waals surface area contributed by atoms with Crippen LogP contribution in [0.25, 0.3) is 0 Å². The van der Waals surface area contributed by atoms with Crippen LogP contribution in [0.15, 0.2) is 0 Å². The normalized spacial score (nSPS) is 40.3. The first-order valence-electron chi connectivity index (χ1n) is 17.6. The van der Waals surface area contributed by atoms with E-state index in [4.69, 9.17) is 4.74 Å². The van der Waals surface area contributed by atoms with Gasteiger partial charge in [-0.2, -0.15) is 0 Å². The molecule has 5 aliphatic rings. The number of hydrogen-bond acceptors (Lipinski definition) is 4. The molecule has 1 saturated heterocycles. The van der Waals surface area contributed by atoms with Gasteiger partial charge in [0.25, 0.3) is 0 Å². The molecule has 42 heavy (non-hydrogen) atoms. The number of alkyl carbamates (subject to hydrolysis) is 1. The summed E-state index contributed by atoms with van der Waals surface area (Å²) in [6.07, 6.45) is 14.5. The van der Waals surface area contributed by atoms with Crippen molar-refractivity contribution in [3.63, 3.8) is 0 Å². The highest BCUT2D eigenvalue weighted by atomic mass is 16.6. The van der Waals surface area contributed by atoms with E-state index >= 15 is 0 Å². The Morgan fingerprint density at radius 3 is 2.29 bits per heavy atom. The monoisotopic (exact) mass is 586 g/mol. The number of carbonyl (C=O) groups excluding carboxylic acids is 2. The molecule has 4 saturated carbocycles. The maximum atomic E-state index is 13.3. The molecule has 9 atom stereocenters. The van der Waals surface area contributed by atoms with Crippen molar-refractivity contribution in [1.29, 1.82) is 0 Å². The number of amides is 2. The molecule has 2 amide bonds. The number of fused-ring (bicyclic) bond motifs is 5. The molecule has 6 heteroatoms. The fourth-order valence-electron chi connectivity index (χ4n) is 11.0. The van der Waals surface area contributed by atoms with E-state index < -0.39 is 5.60 Å². The van der Waals surface area contributed by atoms with Gasteiger partial charge in [-0.15, -0.1) is 0 Å². The first kappa shape index (κ1) is 32.1. The Kier molecular flexibility index (Phi) is 9.09. The summed E-state index contributed by atoms with van der Waals surface area (Å²) in [5.74, 6) is 4.93. The Morgan fingerprint density at radius 1 is 0.929 bits per heavy atom. The predicted octanol–water partition coefficient (Wildman–Crippen LogP) is 7.58. The number of likely N-dealkylation sites (tertiary alicyclic amines) is 1. The van der Waals surface area contributed by atoms with E-state index in [0.29, 0.717) is 35.6 Å². The maximum Gasteiger partial charge on any atom is 0.407 e. The standard InChI is InChI=1S/C36H62N2O4/c1-24(8-13-31(40)38-20-18-34(5,19-21-38)23-37-32(41)42-33(2,3)4)28-11-12-29-27-10-9-25-22-26(39)14-16-35(25,6)30(27)15-17-36(28,29)7/h24-30,39H,8-23H2,1-7H3,(H,37,41)/t24-,25+,26+,27+,28-,29+,30+,35+,36-/m1/s1. The van der Waals surface area contributed by atoms with E-state index in [1.165, 1.54) is 44.9 Å². The molecule has 5 fully saturated rings. The number of nitrogens with one attached hydrogen (secondary N) is 1. The molecule has 0 spiro atoms. The van der Waals surface area contributed by atoms with Crippen LogP contribution in [0.1, 0.15) is 132 Å². The second-order valence-electron chi connectivity index (χ2n) is 17.4. The summed E-state index contributed by atoms with van der Waals surface area (Å²) in [6.45, 7) is 17.7. The van der Waals surface area contributed by atoms with Crippen molar-refractivity contribution in [2.24, 2.45) is 51.8 Å². The second kappa shape index (κ2) is 11.9. The molecule has 1 heterocycles. The molecule has 0 aromatic carbocycles. The van der Waals surface area contributed by atoms with Gasteiger partial charge in [0.05, 0.1) is 6.10 Å². The van der Waals surface area contributed by atoms with Gasteiger partial charge in [-0.25, -0.2) is 4.79 Å². The van der Waals surface area contributed by atoms with Crippen molar-refractivity contribution in [1.82, 2.24) is 10.2 Å². The molecule has 0 aromatic heterocycles. The van der Waals surface area contributed by atoms with Gasteiger partial charge in [-0.05, 0) is 150 Å². The van der Waals surface area contributed by atoms with Crippen LogP contribution in [-0.4, -0.2) is 53.3 Å². The van der Waals surface area contributed by atoms with Crippen LogP contribution in [-0.2, 0) is 9.53 Å². The summed E-state index contributed by atoms with van der Waals surface area (Å²) >= 11 is 0. The number of carbonyl (C=O) groups is 2. The average Bonchev–Trinajstić information content (AvgIpc) is 3.28. The highest BCUT2D eigenvalue weighted by Gasteiger charge is 2.60. The average molecular weight is 587 g/mol. The summed E-state index contributed by atoms with van der Waals surface area (Å²) in [5, 5.41) is 13.3. The first-order chi connectivity index (χ1) is 19.6. The van der Waals surface area contributed by atoms with Gasteiger partial charge in [0.15, 0.2) is 0 Å². The Morgan fingerprint density at radius 2 is 1.60 bits per heavy atom. The van der Waals surface area contributed by atoms with Crippen LogP contribution < -0.4 is 5.32 Å². The summed E-state index contributed by atoms with van der Waals surface area (Å²) < 4.78 is 5.40. The number of hydrogen-bond donors (Lipinski definition) is 2. The van der Waals surface area contributed by atoms with Gasteiger partial charge >= 0.3 is 6.09 Å². The predicted molar refractivity (Wildman–Crippen MR) is 168 cm³/mol. The zero-order valence-corrected chi connectivity index (χ0v) is 28.0. The number of aliphatic hydroxyl groups is 1. The van der Waals surface area contributed by atoms with Gasteiger partial charge in [0, 0.05) is 26.1 Å². The van der Waals surface area contributed by atoms with Crippen molar-refractivity contribution in [2.45, 2.75) is 144 Å². The van der Waals surface area contributed by atoms with Crippen molar-refractivity contribution >= 4 is 12.0 Å². The number of rotatable bonds is 6. The molecule has 0 radical (unpaired) electrons. The summed E-state index contributed by atoms with van der Waals surface area (Å²) in [5.41, 5.74) is 0.373. The van der Waals surface area contributed by atoms with E-state index in [1.807, 2.05) is 20.8 Å². The third kappa shape index (κ3) is 6.40. The van der Waals surface area contributed by atoms with Crippen molar-refractivity contribution in [2.75, 3.05) is 19.6 Å². The Labute approximate surface area is 256 Å². The van der Waals surface area contributed by atoms with Gasteiger partial charge in [0.1, 0.15) is 5.60 Å². The summed E-state index contributed by atoms with van der Waals surface area (Å²) in [7, 11) is 0. The molecule has 4 aliphatic carbocycles. The van der Waals surface area contributed by atoms with Gasteiger partial charge in [-0.1, -0.05) is 27.7 Å². The topological polar surface area (TPSA) is 78.9 Å². The Bertz CT molecular complexity index is 983. The van der Waals surface area contributed by atoms with Gasteiger partial charge in [0.2, 0.25) is 5.91 Å². The molecule has 1 aliphatic heterocycles. The number of aliphatic hydroxyl groups excluding tert-OH is 1. The smallest absolute Gasteiger partial charge is 0.407 e. The lowest BCUT2D eigenvalue weighted by Crippen LogP contribution is -2.54. The molecular weight excluding hydrogens is 524 g/mol. The Balaban J connectivity index is 1.10. The maximum absolute atomic E-state index is 13.3. The lowest BCUT2D eigenvalue weighted by atomic mass is 9.44. The molecule has 5 rings (SSSR count). The largest absolute Gasteiger partial charge is 0.444 e. The lowest BCUT2D eigenvalue weighted by molar-refractivity contribution is -0.135. The fourth-order valence-corrected chi connectivity index (χ4v) is 11.0. The Hall–Kier alpha value is -1.30. The molecule has 2 N–H and O–H groups in total. The van der Waals surface area contributed by atoms with Gasteiger partial charge < -0.3 is 20.1 Å². The number of nitrogens with zero attached hydrogens (tertiary/aromatic N) is 1. The van der Waals surface area contributed by atoms with Crippen LogP contribution in [0.3, 0.4) is 0 Å². The van der Waals surface area contributed by atoms with E-state index in [-0.39, 0.29) is 17.6 Å². The minimum absolute atomic E-state index is 0.000896. The fraction of sp³-hybridized carbons (Fsp3) is 0.944. The highest BCUT2D eigenvalue weighted by molar-refractivity contribution is 5.76. The molecule has 0 bridgehead atoms. The summed E-state index contributed by atoms with van der Waals surface area (Å²) in [6, 6.07) is 0. The quantitative estimate of drug-likeness (QED) is 0.336. The van der Waals surface area contributed by atoms with E-state index in [2.05, 4.69) is 37.9 Å². The van der Waals surface area contributed by atoms with E-state index in [9.17, 15) is 14.7 Å². The van der Waals surface area contributed by atoms with Gasteiger partial charge in [-0.3, -0.25) is 4.79 Å². The molecule has 0 unspecified atom stereocenters. The van der Waals surface area contributed by atoms with Crippen molar-refractivity contribution in [3.8, 4) is 0 Å². The third-order valence-electron chi connectivity index (χ3n) is 13.6. The van der Waals surface area contributed by atoms with Crippen molar-refractivity contribution in [3.05, 3.63) is 0 Å². The highest BCUT2D eigenvalue weighted by Crippen LogP contribution is 2.68. The van der Waals surface area contributed by atoms with Crippen LogP contribution in [0, 0.1) is 51.8 Å². The number of ether oxygens (including phenoxy) is 1. The zero-order valence-electron chi connectivity index (χ0n) is 28.0. The van der Waals surface area contributed by atoms with E-state index in [1.54, 1.807) is 0 Å². The molecule has 6 nitrogen and oxygen atoms in total. The van der Waals surface area contributed by atoms with Crippen LogP contribution in [0.2, 0.25) is 0 Å². The lowest BCUT2D eigenvalue weighted by Gasteiger charge is -2.61. The molecular formula is C36H62N2O4. The van der Waals surface area contributed by atoms with Crippen molar-refractivity contribution < 1.29 is 19.4 Å². The van der Waals surface area contributed by atoms with Crippen LogP contribution >= 0.6 is 0 Å². The molecule has 0 aromatic rings. The molecule has 240 valence electrons.